The molecule has 0 spiro atoms. The number of amides is 3. The van der Waals surface area contributed by atoms with Crippen LogP contribution in [0.2, 0.25) is 0 Å². The topological polar surface area (TPSA) is 101 Å². The molecule has 9 nitrogen and oxygen atoms in total. The van der Waals surface area contributed by atoms with Crippen molar-refractivity contribution in [2.24, 2.45) is 5.10 Å². The number of nitrogens with one attached hydrogen (secondary N) is 1. The monoisotopic (exact) mass is 506 g/mol. The maximum Gasteiger partial charge on any atom is 0.242 e. The predicted octanol–water partition coefficient (Wildman–Crippen LogP) is 2.54. The highest BCUT2D eigenvalue weighted by Crippen LogP contribution is 2.17. The van der Waals surface area contributed by atoms with E-state index < -0.39 is 0 Å². The summed E-state index contributed by atoms with van der Waals surface area (Å²) in [6.45, 7) is 1.68. The van der Waals surface area contributed by atoms with Crippen LogP contribution >= 0.6 is 0 Å². The molecule has 9 heteroatoms. The van der Waals surface area contributed by atoms with Crippen LogP contribution in [0.15, 0.2) is 59.7 Å². The van der Waals surface area contributed by atoms with Crippen LogP contribution in [0.5, 0.6) is 5.75 Å². The number of benzene rings is 2. The van der Waals surface area contributed by atoms with Crippen molar-refractivity contribution in [3.05, 3.63) is 65.7 Å². The van der Waals surface area contributed by atoms with Crippen molar-refractivity contribution in [1.82, 2.24) is 15.2 Å². The van der Waals surface area contributed by atoms with E-state index >= 15 is 0 Å². The second-order valence-electron chi connectivity index (χ2n) is 9.35. The molecule has 0 bridgehead atoms. The van der Waals surface area contributed by atoms with Crippen molar-refractivity contribution in [3.8, 4) is 5.75 Å². The lowest BCUT2D eigenvalue weighted by Crippen LogP contribution is -2.40. The molecule has 196 valence electrons. The molecule has 0 saturated carbocycles. The van der Waals surface area contributed by atoms with Gasteiger partial charge >= 0.3 is 0 Å². The molecule has 4 rings (SSSR count). The third-order valence-electron chi connectivity index (χ3n) is 6.62. The lowest BCUT2D eigenvalue weighted by molar-refractivity contribution is -0.138. The van der Waals surface area contributed by atoms with E-state index in [0.717, 1.165) is 29.0 Å². The molecule has 2 aliphatic heterocycles. The summed E-state index contributed by atoms with van der Waals surface area (Å²) in [5, 5.41) is 4.05. The number of rotatable bonds is 10. The summed E-state index contributed by atoms with van der Waals surface area (Å²) in [7, 11) is 1.62. The number of hydrogen-bond acceptors (Lipinski definition) is 6. The highest BCUT2D eigenvalue weighted by atomic mass is 16.5. The summed E-state index contributed by atoms with van der Waals surface area (Å²) in [4.78, 5) is 41.0. The first-order chi connectivity index (χ1) is 18.0. The molecule has 2 aromatic rings. The molecular formula is C28H34N4O5. The summed E-state index contributed by atoms with van der Waals surface area (Å²) in [5.74, 6) is 0.437. The number of hydrazone groups is 1. The van der Waals surface area contributed by atoms with Crippen LogP contribution in [-0.4, -0.2) is 72.6 Å². The molecule has 0 aromatic heterocycles. The number of carbonyl (C=O) groups is 3. The standard InChI is InChI=1S/C28H34N4O5/c1-36-24-9-5-8-22(16-24)20-37-25-17-31(15-14-21-6-3-2-4-7-21)28(35)19-32(18-25)27(34)13-11-23-10-12-26(33)30-29-23/h2-9,16,25H,10-15,17-20H2,1H3,(H,30,33)/t25-/m0/s1. The Bertz CT molecular complexity index is 1120. The van der Waals surface area contributed by atoms with Crippen molar-refractivity contribution in [2.45, 2.75) is 44.8 Å². The molecule has 37 heavy (non-hydrogen) atoms. The second kappa shape index (κ2) is 13.0. The fourth-order valence-corrected chi connectivity index (χ4v) is 4.48. The van der Waals surface area contributed by atoms with Gasteiger partial charge in [0.2, 0.25) is 17.7 Å². The van der Waals surface area contributed by atoms with Gasteiger partial charge in [0.05, 0.1) is 26.4 Å². The van der Waals surface area contributed by atoms with E-state index in [4.69, 9.17) is 9.47 Å². The van der Waals surface area contributed by atoms with E-state index in [2.05, 4.69) is 10.5 Å². The van der Waals surface area contributed by atoms with Crippen molar-refractivity contribution in [3.63, 3.8) is 0 Å². The fourth-order valence-electron chi connectivity index (χ4n) is 4.48. The summed E-state index contributed by atoms with van der Waals surface area (Å²) in [6.07, 6.45) is 2.02. The molecule has 1 atom stereocenters. The Labute approximate surface area is 217 Å². The van der Waals surface area contributed by atoms with E-state index in [1.54, 1.807) is 16.9 Å². The predicted molar refractivity (Wildman–Crippen MR) is 139 cm³/mol. The fraction of sp³-hybridized carbons (Fsp3) is 0.429. The zero-order valence-corrected chi connectivity index (χ0v) is 21.2. The van der Waals surface area contributed by atoms with Crippen LogP contribution in [0.25, 0.3) is 0 Å². The smallest absolute Gasteiger partial charge is 0.242 e. The van der Waals surface area contributed by atoms with Crippen molar-refractivity contribution >= 4 is 23.4 Å². The Kier molecular flexibility index (Phi) is 9.26. The average Bonchev–Trinajstić information content (AvgIpc) is 3.09. The van der Waals surface area contributed by atoms with E-state index in [9.17, 15) is 14.4 Å². The summed E-state index contributed by atoms with van der Waals surface area (Å²) >= 11 is 0. The lowest BCUT2D eigenvalue weighted by atomic mass is 10.1. The molecule has 3 amide bonds. The van der Waals surface area contributed by atoms with Gasteiger partial charge in [-0.3, -0.25) is 14.4 Å². The molecule has 2 aliphatic rings. The van der Waals surface area contributed by atoms with Gasteiger partial charge in [0.25, 0.3) is 0 Å². The molecule has 1 fully saturated rings. The van der Waals surface area contributed by atoms with Crippen LogP contribution in [0.4, 0.5) is 0 Å². The van der Waals surface area contributed by atoms with Crippen LogP contribution in [-0.2, 0) is 32.1 Å². The Balaban J connectivity index is 1.41. The first kappa shape index (κ1) is 26.3. The average molecular weight is 507 g/mol. The molecule has 2 aromatic carbocycles. The Morgan fingerprint density at radius 2 is 1.84 bits per heavy atom. The normalized spacial score (nSPS) is 18.2. The van der Waals surface area contributed by atoms with Gasteiger partial charge in [-0.15, -0.1) is 0 Å². The molecule has 0 aliphatic carbocycles. The first-order valence-electron chi connectivity index (χ1n) is 12.7. The van der Waals surface area contributed by atoms with Gasteiger partial charge in [-0.05, 0) is 42.5 Å². The van der Waals surface area contributed by atoms with Gasteiger partial charge in [0.15, 0.2) is 0 Å². The van der Waals surface area contributed by atoms with Crippen molar-refractivity contribution in [1.29, 1.82) is 0 Å². The third kappa shape index (κ3) is 7.88. The van der Waals surface area contributed by atoms with Crippen molar-refractivity contribution < 1.29 is 23.9 Å². The van der Waals surface area contributed by atoms with Gasteiger partial charge in [-0.1, -0.05) is 42.5 Å². The summed E-state index contributed by atoms with van der Waals surface area (Å²) in [6, 6.07) is 17.7. The highest BCUT2D eigenvalue weighted by molar-refractivity contribution is 5.94. The molecule has 0 radical (unpaired) electrons. The molecular weight excluding hydrogens is 472 g/mol. The van der Waals surface area contributed by atoms with Crippen LogP contribution in [0.1, 0.15) is 36.8 Å². The lowest BCUT2D eigenvalue weighted by Gasteiger charge is -2.25. The van der Waals surface area contributed by atoms with Crippen molar-refractivity contribution in [2.75, 3.05) is 33.3 Å². The van der Waals surface area contributed by atoms with Gasteiger partial charge in [0, 0.05) is 38.2 Å². The highest BCUT2D eigenvalue weighted by Gasteiger charge is 2.31. The number of ether oxygens (including phenoxy) is 2. The zero-order valence-electron chi connectivity index (χ0n) is 21.2. The largest absolute Gasteiger partial charge is 0.497 e. The van der Waals surface area contributed by atoms with Crippen LogP contribution < -0.4 is 10.2 Å². The third-order valence-corrected chi connectivity index (χ3v) is 6.62. The van der Waals surface area contributed by atoms with Gasteiger partial charge in [-0.2, -0.15) is 5.10 Å². The Morgan fingerprint density at radius 1 is 1.03 bits per heavy atom. The van der Waals surface area contributed by atoms with E-state index in [1.165, 1.54) is 0 Å². The minimum absolute atomic E-state index is 0.0237. The Morgan fingerprint density at radius 3 is 2.59 bits per heavy atom. The maximum absolute atomic E-state index is 13.2. The molecule has 2 heterocycles. The Hall–Kier alpha value is -3.72. The maximum atomic E-state index is 13.2. The number of hydrogen-bond donors (Lipinski definition) is 1. The SMILES string of the molecule is COc1cccc(CO[C@H]2CN(CCc3ccccc3)C(=O)CN(C(=O)CCC3=NNC(=O)CC3)C2)c1. The van der Waals surface area contributed by atoms with Crippen LogP contribution in [0.3, 0.4) is 0 Å². The molecule has 1 saturated heterocycles. The summed E-state index contributed by atoms with van der Waals surface area (Å²) in [5.41, 5.74) is 5.38. The number of nitrogens with zero attached hydrogens (tertiary/aromatic N) is 3. The van der Waals surface area contributed by atoms with E-state index in [1.807, 2.05) is 54.6 Å². The first-order valence-corrected chi connectivity index (χ1v) is 12.7. The van der Waals surface area contributed by atoms with Gasteiger partial charge < -0.3 is 19.3 Å². The van der Waals surface area contributed by atoms with Gasteiger partial charge in [-0.25, -0.2) is 5.43 Å². The quantitative estimate of drug-likeness (QED) is 0.534. The number of methoxy groups -OCH3 is 1. The van der Waals surface area contributed by atoms with Crippen LogP contribution in [0, 0.1) is 0 Å². The number of carbonyl (C=O) groups excluding carboxylic acids is 3. The zero-order chi connectivity index (χ0) is 26.0. The minimum Gasteiger partial charge on any atom is -0.497 e. The summed E-state index contributed by atoms with van der Waals surface area (Å²) < 4.78 is 11.6. The minimum atomic E-state index is -0.330. The second-order valence-corrected chi connectivity index (χ2v) is 9.35. The van der Waals surface area contributed by atoms with E-state index in [0.29, 0.717) is 45.5 Å². The molecule has 0 unspecified atom stereocenters. The van der Waals surface area contributed by atoms with E-state index in [-0.39, 0.29) is 36.8 Å². The van der Waals surface area contributed by atoms with Gasteiger partial charge in [0.1, 0.15) is 5.75 Å². The molecule has 1 N–H and O–H groups in total.